The van der Waals surface area contributed by atoms with E-state index < -0.39 is 0 Å². The summed E-state index contributed by atoms with van der Waals surface area (Å²) in [6.45, 7) is 14.9. The van der Waals surface area contributed by atoms with Crippen LogP contribution in [0.4, 0.5) is 0 Å². The third-order valence-corrected chi connectivity index (χ3v) is 2.81. The Bertz CT molecular complexity index is 485. The van der Waals surface area contributed by atoms with E-state index in [9.17, 15) is 4.79 Å². The van der Waals surface area contributed by atoms with E-state index in [0.29, 0.717) is 25.5 Å². The molecule has 0 bridgehead atoms. The van der Waals surface area contributed by atoms with Crippen molar-refractivity contribution in [3.63, 3.8) is 0 Å². The number of ether oxygens (including phenoxy) is 1. The summed E-state index contributed by atoms with van der Waals surface area (Å²) in [5, 5.41) is 14.3. The maximum absolute atomic E-state index is 11.8. The molecule has 0 radical (unpaired) electrons. The van der Waals surface area contributed by atoms with Crippen molar-refractivity contribution in [2.45, 2.75) is 65.6 Å². The first-order chi connectivity index (χ1) is 10.6. The van der Waals surface area contributed by atoms with Crippen LogP contribution in [-0.4, -0.2) is 51.7 Å². The Kier molecular flexibility index (Phi) is 7.15. The van der Waals surface area contributed by atoms with Crippen LogP contribution in [0.25, 0.3) is 0 Å². The predicted octanol–water partition coefficient (Wildman–Crippen LogP) is 1.14. The second-order valence-corrected chi connectivity index (χ2v) is 7.74. The van der Waals surface area contributed by atoms with Crippen molar-refractivity contribution in [2.24, 2.45) is 0 Å². The van der Waals surface area contributed by atoms with Gasteiger partial charge in [-0.05, 0) is 41.5 Å². The molecule has 0 unspecified atom stereocenters. The van der Waals surface area contributed by atoms with Gasteiger partial charge in [0.15, 0.2) is 0 Å². The minimum atomic E-state index is -0.234. The molecular weight excluding hydrogens is 294 g/mol. The highest BCUT2D eigenvalue weighted by Crippen LogP contribution is 2.01. The molecular formula is C16H31N5O2. The zero-order valence-electron chi connectivity index (χ0n) is 15.3. The van der Waals surface area contributed by atoms with Gasteiger partial charge in [0.25, 0.3) is 0 Å². The van der Waals surface area contributed by atoms with Gasteiger partial charge in [-0.25, -0.2) is 4.68 Å². The predicted molar refractivity (Wildman–Crippen MR) is 90.2 cm³/mol. The van der Waals surface area contributed by atoms with Crippen LogP contribution in [0.3, 0.4) is 0 Å². The summed E-state index contributed by atoms with van der Waals surface area (Å²) in [4.78, 5) is 11.8. The quantitative estimate of drug-likeness (QED) is 0.701. The zero-order valence-corrected chi connectivity index (χ0v) is 15.3. The van der Waals surface area contributed by atoms with Crippen molar-refractivity contribution in [3.05, 3.63) is 11.9 Å². The van der Waals surface area contributed by atoms with Crippen molar-refractivity contribution >= 4 is 5.91 Å². The Balaban J connectivity index is 2.22. The molecule has 132 valence electrons. The van der Waals surface area contributed by atoms with E-state index in [-0.39, 0.29) is 23.4 Å². The standard InChI is InChI=1S/C16H31N5O2/c1-15(2,3)17-7-9-23-10-8-21-12-13(19-20-21)11-14(22)18-16(4,5)6/h12,17H,7-11H2,1-6H3,(H,18,22). The maximum Gasteiger partial charge on any atom is 0.226 e. The van der Waals surface area contributed by atoms with Gasteiger partial charge in [0.1, 0.15) is 0 Å². The molecule has 0 saturated carbocycles. The summed E-state index contributed by atoms with van der Waals surface area (Å²) >= 11 is 0. The molecule has 7 heteroatoms. The Labute approximate surface area is 139 Å². The molecule has 0 aliphatic heterocycles. The van der Waals surface area contributed by atoms with Crippen molar-refractivity contribution in [3.8, 4) is 0 Å². The second kappa shape index (κ2) is 8.40. The fourth-order valence-corrected chi connectivity index (χ4v) is 1.91. The Hall–Kier alpha value is -1.47. The molecule has 0 aliphatic carbocycles. The third kappa shape index (κ3) is 10.0. The highest BCUT2D eigenvalue weighted by atomic mass is 16.5. The second-order valence-electron chi connectivity index (χ2n) is 7.74. The van der Waals surface area contributed by atoms with Crippen LogP contribution in [0, 0.1) is 0 Å². The summed E-state index contributed by atoms with van der Waals surface area (Å²) in [6, 6.07) is 0. The van der Waals surface area contributed by atoms with Gasteiger partial charge in [0, 0.05) is 23.8 Å². The van der Waals surface area contributed by atoms with Gasteiger partial charge in [0.05, 0.1) is 31.9 Å². The molecule has 0 aromatic carbocycles. The lowest BCUT2D eigenvalue weighted by molar-refractivity contribution is -0.121. The minimum Gasteiger partial charge on any atom is -0.378 e. The lowest BCUT2D eigenvalue weighted by Crippen LogP contribution is -2.41. The molecule has 0 spiro atoms. The first kappa shape index (κ1) is 19.6. The van der Waals surface area contributed by atoms with E-state index in [1.807, 2.05) is 20.8 Å². The van der Waals surface area contributed by atoms with Crippen molar-refractivity contribution < 1.29 is 9.53 Å². The summed E-state index contributed by atoms with van der Waals surface area (Å²) < 4.78 is 7.26. The zero-order chi connectivity index (χ0) is 17.5. The monoisotopic (exact) mass is 325 g/mol. The van der Waals surface area contributed by atoms with Crippen LogP contribution in [0.15, 0.2) is 6.20 Å². The SMILES string of the molecule is CC(C)(C)NCCOCCn1cc(CC(=O)NC(C)(C)C)nn1. The number of carbonyl (C=O) groups is 1. The molecule has 2 N–H and O–H groups in total. The molecule has 1 aromatic heterocycles. The van der Waals surface area contributed by atoms with Crippen molar-refractivity contribution in [2.75, 3.05) is 19.8 Å². The largest absolute Gasteiger partial charge is 0.378 e. The highest BCUT2D eigenvalue weighted by molar-refractivity contribution is 5.78. The summed E-state index contributed by atoms with van der Waals surface area (Å²) in [5.41, 5.74) is 0.543. The summed E-state index contributed by atoms with van der Waals surface area (Å²) in [7, 11) is 0. The van der Waals surface area contributed by atoms with Gasteiger partial charge in [-0.15, -0.1) is 5.10 Å². The van der Waals surface area contributed by atoms with Gasteiger partial charge in [0.2, 0.25) is 5.91 Å². The normalized spacial score (nSPS) is 12.4. The molecule has 0 saturated heterocycles. The average molecular weight is 325 g/mol. The summed E-state index contributed by atoms with van der Waals surface area (Å²) in [6.07, 6.45) is 2.03. The Morgan fingerprint density at radius 3 is 2.48 bits per heavy atom. The third-order valence-electron chi connectivity index (χ3n) is 2.81. The summed E-state index contributed by atoms with van der Waals surface area (Å²) in [5.74, 6) is -0.0472. The molecule has 1 heterocycles. The van der Waals surface area contributed by atoms with Gasteiger partial charge in [-0.2, -0.15) is 0 Å². The van der Waals surface area contributed by atoms with Gasteiger partial charge in [-0.3, -0.25) is 4.79 Å². The van der Waals surface area contributed by atoms with Crippen LogP contribution in [0.2, 0.25) is 0 Å². The highest BCUT2D eigenvalue weighted by Gasteiger charge is 2.15. The smallest absolute Gasteiger partial charge is 0.226 e. The Morgan fingerprint density at radius 2 is 1.87 bits per heavy atom. The minimum absolute atomic E-state index is 0.0472. The lowest BCUT2D eigenvalue weighted by atomic mass is 10.1. The number of aromatic nitrogens is 3. The number of hydrogen-bond donors (Lipinski definition) is 2. The van der Waals surface area contributed by atoms with E-state index in [2.05, 4.69) is 41.7 Å². The number of hydrogen-bond acceptors (Lipinski definition) is 5. The van der Waals surface area contributed by atoms with Gasteiger partial charge in [-0.1, -0.05) is 5.21 Å². The topological polar surface area (TPSA) is 81.1 Å². The van der Waals surface area contributed by atoms with Gasteiger partial charge < -0.3 is 15.4 Å². The molecule has 7 nitrogen and oxygen atoms in total. The average Bonchev–Trinajstić information content (AvgIpc) is 2.77. The van der Waals surface area contributed by atoms with Crippen LogP contribution in [-0.2, 0) is 22.5 Å². The lowest BCUT2D eigenvalue weighted by Gasteiger charge is -2.20. The Morgan fingerprint density at radius 1 is 1.17 bits per heavy atom. The van der Waals surface area contributed by atoms with Gasteiger partial charge >= 0.3 is 0 Å². The number of amides is 1. The van der Waals surface area contributed by atoms with Crippen LogP contribution in [0.5, 0.6) is 0 Å². The molecule has 0 aliphatic rings. The fourth-order valence-electron chi connectivity index (χ4n) is 1.91. The van der Waals surface area contributed by atoms with E-state index in [4.69, 9.17) is 4.74 Å². The van der Waals surface area contributed by atoms with E-state index >= 15 is 0 Å². The molecule has 1 aromatic rings. The maximum atomic E-state index is 11.8. The first-order valence-electron chi connectivity index (χ1n) is 8.08. The first-order valence-corrected chi connectivity index (χ1v) is 8.08. The van der Waals surface area contributed by atoms with Crippen molar-refractivity contribution in [1.82, 2.24) is 25.6 Å². The number of nitrogens with one attached hydrogen (secondary N) is 2. The van der Waals surface area contributed by atoms with Crippen LogP contribution < -0.4 is 10.6 Å². The van der Waals surface area contributed by atoms with Crippen LogP contribution >= 0.6 is 0 Å². The van der Waals surface area contributed by atoms with Crippen LogP contribution in [0.1, 0.15) is 47.2 Å². The molecule has 1 rings (SSSR count). The number of carbonyl (C=O) groups excluding carboxylic acids is 1. The fraction of sp³-hybridized carbons (Fsp3) is 0.812. The molecule has 0 atom stereocenters. The van der Waals surface area contributed by atoms with E-state index in [1.165, 1.54) is 0 Å². The van der Waals surface area contributed by atoms with Crippen molar-refractivity contribution in [1.29, 1.82) is 0 Å². The number of rotatable bonds is 8. The molecule has 23 heavy (non-hydrogen) atoms. The van der Waals surface area contributed by atoms with E-state index in [1.54, 1.807) is 10.9 Å². The van der Waals surface area contributed by atoms with E-state index in [0.717, 1.165) is 6.54 Å². The number of nitrogens with zero attached hydrogens (tertiary/aromatic N) is 3. The molecule has 1 amide bonds. The molecule has 0 fully saturated rings.